The second-order valence-electron chi connectivity index (χ2n) is 3.08. The Morgan fingerprint density at radius 3 is 2.92 bits per heavy atom. The predicted octanol–water partition coefficient (Wildman–Crippen LogP) is 1.70. The standard InChI is InChI=1S/C10H14N2O/c1-3-4-9(13)7-10-11-6-5-8(2)12-10/h5-6H,3-4,7H2,1-2H3. The highest BCUT2D eigenvalue weighted by Crippen LogP contribution is 1.98. The van der Waals surface area contributed by atoms with E-state index in [1.165, 1.54) is 0 Å². The predicted molar refractivity (Wildman–Crippen MR) is 50.4 cm³/mol. The normalized spacial score (nSPS) is 10.0. The number of carbonyl (C=O) groups is 1. The highest BCUT2D eigenvalue weighted by molar-refractivity contribution is 5.79. The van der Waals surface area contributed by atoms with Crippen molar-refractivity contribution in [2.75, 3.05) is 0 Å². The van der Waals surface area contributed by atoms with Crippen molar-refractivity contribution in [3.63, 3.8) is 0 Å². The first-order valence-corrected chi connectivity index (χ1v) is 4.52. The Morgan fingerprint density at radius 2 is 2.31 bits per heavy atom. The third-order valence-corrected chi connectivity index (χ3v) is 1.73. The summed E-state index contributed by atoms with van der Waals surface area (Å²) in [6.45, 7) is 3.89. The van der Waals surface area contributed by atoms with Crippen LogP contribution in [0.25, 0.3) is 0 Å². The summed E-state index contributed by atoms with van der Waals surface area (Å²) in [5.74, 6) is 0.853. The van der Waals surface area contributed by atoms with E-state index in [1.807, 2.05) is 19.9 Å². The Bertz CT molecular complexity index is 297. The Balaban J connectivity index is 2.58. The molecule has 13 heavy (non-hydrogen) atoms. The first-order valence-electron chi connectivity index (χ1n) is 4.52. The van der Waals surface area contributed by atoms with Crippen molar-refractivity contribution >= 4 is 5.78 Å². The minimum Gasteiger partial charge on any atom is -0.299 e. The van der Waals surface area contributed by atoms with Gasteiger partial charge in [0.2, 0.25) is 0 Å². The van der Waals surface area contributed by atoms with Crippen LogP contribution in [0.3, 0.4) is 0 Å². The van der Waals surface area contributed by atoms with Crippen LogP contribution in [0.1, 0.15) is 31.3 Å². The van der Waals surface area contributed by atoms with Crippen molar-refractivity contribution in [3.05, 3.63) is 23.8 Å². The Kier molecular flexibility index (Phi) is 3.55. The monoisotopic (exact) mass is 178 g/mol. The molecule has 0 saturated carbocycles. The lowest BCUT2D eigenvalue weighted by Crippen LogP contribution is -2.06. The zero-order valence-electron chi connectivity index (χ0n) is 8.08. The molecule has 0 aliphatic rings. The van der Waals surface area contributed by atoms with Crippen molar-refractivity contribution in [1.29, 1.82) is 0 Å². The van der Waals surface area contributed by atoms with E-state index in [9.17, 15) is 4.79 Å². The number of hydrogen-bond acceptors (Lipinski definition) is 3. The molecule has 1 rings (SSSR count). The van der Waals surface area contributed by atoms with E-state index in [2.05, 4.69) is 9.97 Å². The second kappa shape index (κ2) is 4.70. The van der Waals surface area contributed by atoms with Crippen LogP contribution < -0.4 is 0 Å². The summed E-state index contributed by atoms with van der Waals surface area (Å²) in [5, 5.41) is 0. The molecule has 0 radical (unpaired) electrons. The lowest BCUT2D eigenvalue weighted by Gasteiger charge is -1.98. The van der Waals surface area contributed by atoms with E-state index in [1.54, 1.807) is 6.20 Å². The maximum atomic E-state index is 11.2. The van der Waals surface area contributed by atoms with E-state index >= 15 is 0 Å². The number of aryl methyl sites for hydroxylation is 1. The molecule has 0 bridgehead atoms. The van der Waals surface area contributed by atoms with E-state index in [-0.39, 0.29) is 5.78 Å². The Labute approximate surface area is 78.2 Å². The van der Waals surface area contributed by atoms with Gasteiger partial charge in [0.1, 0.15) is 11.6 Å². The molecule has 0 unspecified atom stereocenters. The molecule has 0 amide bonds. The molecular formula is C10H14N2O. The molecular weight excluding hydrogens is 164 g/mol. The van der Waals surface area contributed by atoms with Gasteiger partial charge in [-0.3, -0.25) is 4.79 Å². The third kappa shape index (κ3) is 3.32. The fourth-order valence-corrected chi connectivity index (χ4v) is 1.13. The fraction of sp³-hybridized carbons (Fsp3) is 0.500. The van der Waals surface area contributed by atoms with Gasteiger partial charge in [-0.25, -0.2) is 9.97 Å². The molecule has 0 N–H and O–H groups in total. The van der Waals surface area contributed by atoms with Crippen molar-refractivity contribution in [2.24, 2.45) is 0 Å². The molecule has 1 aromatic heterocycles. The van der Waals surface area contributed by atoms with E-state index in [0.717, 1.165) is 12.1 Å². The minimum absolute atomic E-state index is 0.216. The van der Waals surface area contributed by atoms with Gasteiger partial charge in [-0.15, -0.1) is 0 Å². The molecule has 70 valence electrons. The molecule has 3 nitrogen and oxygen atoms in total. The van der Waals surface area contributed by atoms with Crippen LogP contribution >= 0.6 is 0 Å². The van der Waals surface area contributed by atoms with Gasteiger partial charge in [0.15, 0.2) is 0 Å². The SMILES string of the molecule is CCCC(=O)Cc1nccc(C)n1. The molecule has 0 fully saturated rings. The van der Waals surface area contributed by atoms with E-state index < -0.39 is 0 Å². The smallest absolute Gasteiger partial charge is 0.140 e. The van der Waals surface area contributed by atoms with Gasteiger partial charge in [-0.05, 0) is 19.4 Å². The van der Waals surface area contributed by atoms with Gasteiger partial charge in [0, 0.05) is 18.3 Å². The van der Waals surface area contributed by atoms with Crippen molar-refractivity contribution in [2.45, 2.75) is 33.1 Å². The summed E-state index contributed by atoms with van der Waals surface area (Å²) in [7, 11) is 0. The maximum absolute atomic E-state index is 11.2. The number of Topliss-reactive ketones (excluding diaryl/α,β-unsaturated/α-hetero) is 1. The van der Waals surface area contributed by atoms with Crippen LogP contribution in [0, 0.1) is 6.92 Å². The third-order valence-electron chi connectivity index (χ3n) is 1.73. The zero-order chi connectivity index (χ0) is 9.68. The van der Waals surface area contributed by atoms with Crippen LogP contribution in [-0.2, 0) is 11.2 Å². The Morgan fingerprint density at radius 1 is 1.54 bits per heavy atom. The van der Waals surface area contributed by atoms with Gasteiger partial charge < -0.3 is 0 Å². The van der Waals surface area contributed by atoms with Crippen LogP contribution in [-0.4, -0.2) is 15.8 Å². The molecule has 0 saturated heterocycles. The van der Waals surface area contributed by atoms with Gasteiger partial charge in [0.25, 0.3) is 0 Å². The van der Waals surface area contributed by atoms with Crippen molar-refractivity contribution in [1.82, 2.24) is 9.97 Å². The van der Waals surface area contributed by atoms with E-state index in [4.69, 9.17) is 0 Å². The quantitative estimate of drug-likeness (QED) is 0.704. The topological polar surface area (TPSA) is 42.9 Å². The average Bonchev–Trinajstić information content (AvgIpc) is 2.04. The van der Waals surface area contributed by atoms with Crippen LogP contribution in [0.2, 0.25) is 0 Å². The number of hydrogen-bond donors (Lipinski definition) is 0. The first kappa shape index (κ1) is 9.84. The summed E-state index contributed by atoms with van der Waals surface area (Å²) in [6, 6.07) is 1.83. The molecule has 0 aliphatic carbocycles. The largest absolute Gasteiger partial charge is 0.299 e. The molecule has 3 heteroatoms. The van der Waals surface area contributed by atoms with Crippen LogP contribution in [0.15, 0.2) is 12.3 Å². The number of nitrogens with zero attached hydrogens (tertiary/aromatic N) is 2. The summed E-state index contributed by atoms with van der Waals surface area (Å²) in [4.78, 5) is 19.4. The molecule has 1 heterocycles. The number of rotatable bonds is 4. The highest BCUT2D eigenvalue weighted by Gasteiger charge is 2.04. The molecule has 0 aromatic carbocycles. The van der Waals surface area contributed by atoms with Gasteiger partial charge >= 0.3 is 0 Å². The van der Waals surface area contributed by atoms with Crippen LogP contribution in [0.4, 0.5) is 0 Å². The van der Waals surface area contributed by atoms with Gasteiger partial charge in [-0.2, -0.15) is 0 Å². The molecule has 0 spiro atoms. The van der Waals surface area contributed by atoms with Crippen molar-refractivity contribution < 1.29 is 4.79 Å². The summed E-state index contributed by atoms with van der Waals surface area (Å²) in [6.07, 6.45) is 3.58. The molecule has 1 aromatic rings. The lowest BCUT2D eigenvalue weighted by atomic mass is 10.2. The minimum atomic E-state index is 0.216. The van der Waals surface area contributed by atoms with Crippen molar-refractivity contribution in [3.8, 4) is 0 Å². The molecule has 0 aliphatic heterocycles. The lowest BCUT2D eigenvalue weighted by molar-refractivity contribution is -0.118. The molecule has 0 atom stereocenters. The zero-order valence-corrected chi connectivity index (χ0v) is 8.08. The maximum Gasteiger partial charge on any atom is 0.140 e. The second-order valence-corrected chi connectivity index (χ2v) is 3.08. The number of carbonyl (C=O) groups excluding carboxylic acids is 1. The highest BCUT2D eigenvalue weighted by atomic mass is 16.1. The summed E-state index contributed by atoms with van der Waals surface area (Å²) in [5.41, 5.74) is 0.911. The average molecular weight is 178 g/mol. The Hall–Kier alpha value is -1.25. The number of aromatic nitrogens is 2. The summed E-state index contributed by atoms with van der Waals surface area (Å²) < 4.78 is 0. The van der Waals surface area contributed by atoms with Crippen LogP contribution in [0.5, 0.6) is 0 Å². The van der Waals surface area contributed by atoms with E-state index in [0.29, 0.717) is 18.7 Å². The fourth-order valence-electron chi connectivity index (χ4n) is 1.13. The van der Waals surface area contributed by atoms with Gasteiger partial charge in [-0.1, -0.05) is 6.92 Å². The van der Waals surface area contributed by atoms with Gasteiger partial charge in [0.05, 0.1) is 6.42 Å². The summed E-state index contributed by atoms with van der Waals surface area (Å²) >= 11 is 0. The number of ketones is 1. The first-order chi connectivity index (χ1) is 6.22.